The van der Waals surface area contributed by atoms with Gasteiger partial charge in [0, 0.05) is 19.4 Å². The van der Waals surface area contributed by atoms with Crippen LogP contribution in [0.2, 0.25) is 0 Å². The number of esters is 2. The molecule has 0 radical (unpaired) electrons. The molecular formula is C59H100O5. The number of unbranched alkanes of at least 4 members (excludes halogenated alkanes) is 21. The molecule has 1 unspecified atom stereocenters. The fraction of sp³-hybridized carbons (Fsp3) is 0.695. The van der Waals surface area contributed by atoms with Gasteiger partial charge in [0.25, 0.3) is 0 Å². The van der Waals surface area contributed by atoms with Gasteiger partial charge in [0.15, 0.2) is 6.10 Å². The molecule has 0 aliphatic heterocycles. The van der Waals surface area contributed by atoms with Gasteiger partial charge in [0.1, 0.15) is 6.61 Å². The molecule has 0 rings (SSSR count). The van der Waals surface area contributed by atoms with Crippen molar-refractivity contribution < 1.29 is 23.8 Å². The summed E-state index contributed by atoms with van der Waals surface area (Å²) in [5, 5.41) is 0. The molecule has 1 atom stereocenters. The minimum Gasteiger partial charge on any atom is -0.462 e. The third-order valence-corrected chi connectivity index (χ3v) is 11.1. The maximum absolute atomic E-state index is 12.8. The number of carbonyl (C=O) groups excluding carboxylic acids is 2. The average Bonchev–Trinajstić information content (AvgIpc) is 3.30. The van der Waals surface area contributed by atoms with E-state index in [1.54, 1.807) is 0 Å². The second-order valence-corrected chi connectivity index (χ2v) is 17.4. The quantitative estimate of drug-likeness (QED) is 0.0346. The van der Waals surface area contributed by atoms with Gasteiger partial charge in [0.05, 0.1) is 6.61 Å². The predicted octanol–water partition coefficient (Wildman–Crippen LogP) is 18.2. The molecule has 0 N–H and O–H groups in total. The van der Waals surface area contributed by atoms with Gasteiger partial charge >= 0.3 is 11.9 Å². The Hall–Kier alpha value is -3.18. The summed E-state index contributed by atoms with van der Waals surface area (Å²) in [6.07, 6.45) is 72.8. The van der Waals surface area contributed by atoms with Crippen LogP contribution >= 0.6 is 0 Å². The highest BCUT2D eigenvalue weighted by molar-refractivity contribution is 5.70. The highest BCUT2D eigenvalue weighted by Crippen LogP contribution is 2.13. The van der Waals surface area contributed by atoms with Crippen molar-refractivity contribution >= 4 is 11.9 Å². The Morgan fingerprint density at radius 2 is 0.703 bits per heavy atom. The van der Waals surface area contributed by atoms with E-state index < -0.39 is 6.10 Å². The van der Waals surface area contributed by atoms with E-state index in [-0.39, 0.29) is 25.2 Å². The SMILES string of the molecule is CC/C=C\C/C=C\C/C=C\CCCCCCCCCCOCC(COC(=O)CCCCCCCCC/C=C\C/C=C\CCCCC)OC(=O)CCCCC/C=C\C/C=C\C/C=C\CC. The molecular weight excluding hydrogens is 789 g/mol. The van der Waals surface area contributed by atoms with Crippen molar-refractivity contribution in [2.45, 2.75) is 245 Å². The first kappa shape index (κ1) is 60.8. The fourth-order valence-electron chi connectivity index (χ4n) is 7.16. The Balaban J connectivity index is 4.32. The van der Waals surface area contributed by atoms with Crippen molar-refractivity contribution in [2.75, 3.05) is 19.8 Å². The first-order valence-corrected chi connectivity index (χ1v) is 26.8. The summed E-state index contributed by atoms with van der Waals surface area (Å²) >= 11 is 0. The predicted molar refractivity (Wildman–Crippen MR) is 279 cm³/mol. The topological polar surface area (TPSA) is 61.8 Å². The molecule has 0 spiro atoms. The normalized spacial score (nSPS) is 13.0. The lowest BCUT2D eigenvalue weighted by molar-refractivity contribution is -0.163. The number of hydrogen-bond acceptors (Lipinski definition) is 5. The first-order chi connectivity index (χ1) is 31.6. The summed E-state index contributed by atoms with van der Waals surface area (Å²) in [7, 11) is 0. The molecule has 5 heteroatoms. The lowest BCUT2D eigenvalue weighted by atomic mass is 10.1. The van der Waals surface area contributed by atoms with E-state index in [1.165, 1.54) is 103 Å². The molecule has 0 bridgehead atoms. The Bertz CT molecular complexity index is 1230. The van der Waals surface area contributed by atoms with Gasteiger partial charge in [0.2, 0.25) is 0 Å². The van der Waals surface area contributed by atoms with E-state index in [9.17, 15) is 9.59 Å². The Labute approximate surface area is 396 Å². The van der Waals surface area contributed by atoms with Crippen LogP contribution in [0, 0.1) is 0 Å². The summed E-state index contributed by atoms with van der Waals surface area (Å²) in [6.45, 7) is 7.53. The van der Waals surface area contributed by atoms with E-state index in [0.29, 0.717) is 19.4 Å². The Morgan fingerprint density at radius 3 is 1.14 bits per heavy atom. The third-order valence-electron chi connectivity index (χ3n) is 11.1. The number of allylic oxidation sites excluding steroid dienone is 16. The molecule has 0 saturated carbocycles. The molecule has 366 valence electrons. The van der Waals surface area contributed by atoms with Gasteiger partial charge in [-0.1, -0.05) is 208 Å². The fourth-order valence-corrected chi connectivity index (χ4v) is 7.16. The molecule has 0 aromatic carbocycles. The largest absolute Gasteiger partial charge is 0.462 e. The molecule has 0 saturated heterocycles. The lowest BCUT2D eigenvalue weighted by Crippen LogP contribution is -2.30. The van der Waals surface area contributed by atoms with E-state index in [4.69, 9.17) is 14.2 Å². The minimum absolute atomic E-state index is 0.0617. The molecule has 64 heavy (non-hydrogen) atoms. The van der Waals surface area contributed by atoms with Crippen LogP contribution in [0.1, 0.15) is 239 Å². The monoisotopic (exact) mass is 889 g/mol. The van der Waals surface area contributed by atoms with E-state index in [0.717, 1.165) is 103 Å². The number of ether oxygens (including phenoxy) is 3. The van der Waals surface area contributed by atoms with Crippen molar-refractivity contribution in [1.29, 1.82) is 0 Å². The molecule has 0 fully saturated rings. The van der Waals surface area contributed by atoms with E-state index in [2.05, 4.69) is 118 Å². The smallest absolute Gasteiger partial charge is 0.306 e. The Kier molecular flexibility index (Phi) is 51.5. The maximum atomic E-state index is 12.8. The van der Waals surface area contributed by atoms with Gasteiger partial charge in [-0.15, -0.1) is 0 Å². The highest BCUT2D eigenvalue weighted by atomic mass is 16.6. The van der Waals surface area contributed by atoms with Crippen LogP contribution in [0.4, 0.5) is 0 Å². The number of hydrogen-bond donors (Lipinski definition) is 0. The van der Waals surface area contributed by atoms with Gasteiger partial charge in [-0.25, -0.2) is 0 Å². The summed E-state index contributed by atoms with van der Waals surface area (Å²) in [4.78, 5) is 25.4. The Morgan fingerprint density at radius 1 is 0.359 bits per heavy atom. The van der Waals surface area contributed by atoms with Crippen molar-refractivity contribution in [1.82, 2.24) is 0 Å². The second kappa shape index (κ2) is 54.2. The zero-order chi connectivity index (χ0) is 46.3. The van der Waals surface area contributed by atoms with Gasteiger partial charge < -0.3 is 14.2 Å². The molecule has 0 aliphatic rings. The van der Waals surface area contributed by atoms with Crippen LogP contribution in [0.25, 0.3) is 0 Å². The summed E-state index contributed by atoms with van der Waals surface area (Å²) in [5.41, 5.74) is 0. The maximum Gasteiger partial charge on any atom is 0.306 e. The first-order valence-electron chi connectivity index (χ1n) is 26.8. The van der Waals surface area contributed by atoms with Gasteiger partial charge in [-0.2, -0.15) is 0 Å². The summed E-state index contributed by atoms with van der Waals surface area (Å²) < 4.78 is 17.4. The van der Waals surface area contributed by atoms with Crippen LogP contribution in [-0.4, -0.2) is 37.9 Å². The van der Waals surface area contributed by atoms with Gasteiger partial charge in [-0.05, 0) is 116 Å². The standard InChI is InChI=1S/C59H100O5/c1-4-7-10-13-16-19-22-25-27-29-31-33-36-39-42-45-48-51-54-62-55-57(64-59(61)53-50-47-44-41-38-34-24-21-18-15-12-9-6-3)56-63-58(60)52-49-46-43-40-37-35-32-30-28-26-23-20-17-14-11-8-5-2/h7,9-10,12,16-21,25-28,34,38,57H,4-6,8,11,13-15,22-24,29-33,35-37,39-56H2,1-3H3/b10-7-,12-9-,19-16-,20-17-,21-18-,27-25-,28-26-,38-34-. The molecule has 0 aliphatic carbocycles. The lowest BCUT2D eigenvalue weighted by Gasteiger charge is -2.18. The van der Waals surface area contributed by atoms with Crippen LogP contribution in [0.5, 0.6) is 0 Å². The van der Waals surface area contributed by atoms with Crippen LogP contribution in [-0.2, 0) is 23.8 Å². The second-order valence-electron chi connectivity index (χ2n) is 17.4. The molecule has 5 nitrogen and oxygen atoms in total. The van der Waals surface area contributed by atoms with Crippen molar-refractivity contribution in [3.63, 3.8) is 0 Å². The molecule has 0 aromatic heterocycles. The van der Waals surface area contributed by atoms with Crippen LogP contribution in [0.3, 0.4) is 0 Å². The number of carbonyl (C=O) groups is 2. The summed E-state index contributed by atoms with van der Waals surface area (Å²) in [5.74, 6) is -0.445. The molecule has 0 heterocycles. The minimum atomic E-state index is -0.564. The van der Waals surface area contributed by atoms with Crippen LogP contribution < -0.4 is 0 Å². The zero-order valence-electron chi connectivity index (χ0n) is 42.0. The average molecular weight is 889 g/mol. The molecule has 0 amide bonds. The third kappa shape index (κ3) is 51.5. The van der Waals surface area contributed by atoms with E-state index >= 15 is 0 Å². The zero-order valence-corrected chi connectivity index (χ0v) is 42.0. The van der Waals surface area contributed by atoms with Crippen LogP contribution in [0.15, 0.2) is 97.2 Å². The number of rotatable bonds is 48. The summed E-state index contributed by atoms with van der Waals surface area (Å²) in [6, 6.07) is 0. The van der Waals surface area contributed by atoms with Gasteiger partial charge in [-0.3, -0.25) is 9.59 Å². The highest BCUT2D eigenvalue weighted by Gasteiger charge is 2.17. The molecule has 0 aromatic rings. The van der Waals surface area contributed by atoms with E-state index in [1.807, 2.05) is 0 Å². The van der Waals surface area contributed by atoms with Crippen molar-refractivity contribution in [2.24, 2.45) is 0 Å². The van der Waals surface area contributed by atoms with Crippen molar-refractivity contribution in [3.8, 4) is 0 Å². The van der Waals surface area contributed by atoms with Crippen molar-refractivity contribution in [3.05, 3.63) is 97.2 Å².